The van der Waals surface area contributed by atoms with Crippen molar-refractivity contribution in [1.82, 2.24) is 0 Å². The highest BCUT2D eigenvalue weighted by Gasteiger charge is 2.28. The fourth-order valence-electron chi connectivity index (χ4n) is 10.7. The van der Waals surface area contributed by atoms with Crippen LogP contribution in [0.2, 0.25) is 0 Å². The Bertz CT molecular complexity index is 3700. The van der Waals surface area contributed by atoms with E-state index < -0.39 is 0 Å². The highest BCUT2D eigenvalue weighted by Crippen LogP contribution is 2.55. The molecule has 12 aromatic carbocycles. The molecule has 0 atom stereocenters. The lowest BCUT2D eigenvalue weighted by molar-refractivity contribution is 0.475. The quantitative estimate of drug-likeness (QED) is 0.110. The summed E-state index contributed by atoms with van der Waals surface area (Å²) in [4.78, 5) is 0. The Morgan fingerprint density at radius 2 is 0.392 bits per heavy atom. The standard InChI is InChI=1S/C70H48O4/c71-53-33-25-45(26-34-53)61-43-63(67(51-29-37-55(73)38-30-51)69(49-19-9-3-10-20-49)65(61)47-15-5-1-6-16-47)59-41-42-60(58-24-14-13-23-57(58)59)64-44-62(46-27-35-54(72)36-28-46)66(48-17-7-2-8-18-48)70(50-21-11-4-12-22-50)68(64)52-31-39-56(74)40-32-52/h1-44,71-74H. The summed E-state index contributed by atoms with van der Waals surface area (Å²) >= 11 is 0. The van der Waals surface area contributed by atoms with E-state index >= 15 is 0 Å². The second-order valence-corrected chi connectivity index (χ2v) is 18.6. The number of aromatic hydroxyl groups is 4. The zero-order valence-corrected chi connectivity index (χ0v) is 40.2. The van der Waals surface area contributed by atoms with Crippen LogP contribution in [0.15, 0.2) is 267 Å². The van der Waals surface area contributed by atoms with E-state index in [9.17, 15) is 20.4 Å². The minimum absolute atomic E-state index is 0.180. The number of rotatable bonds is 10. The molecule has 4 nitrogen and oxygen atoms in total. The van der Waals surface area contributed by atoms with Crippen molar-refractivity contribution in [3.8, 4) is 134 Å². The smallest absolute Gasteiger partial charge is 0.115 e. The summed E-state index contributed by atoms with van der Waals surface area (Å²) < 4.78 is 0. The van der Waals surface area contributed by atoms with Crippen LogP contribution in [0.1, 0.15) is 0 Å². The van der Waals surface area contributed by atoms with Gasteiger partial charge in [-0.3, -0.25) is 0 Å². The van der Waals surface area contributed by atoms with Crippen LogP contribution in [0.3, 0.4) is 0 Å². The number of phenols is 4. The van der Waals surface area contributed by atoms with Crippen LogP contribution in [-0.2, 0) is 0 Å². The maximum atomic E-state index is 10.8. The van der Waals surface area contributed by atoms with Gasteiger partial charge in [0, 0.05) is 0 Å². The topological polar surface area (TPSA) is 80.9 Å². The van der Waals surface area contributed by atoms with Crippen LogP contribution in [0.4, 0.5) is 0 Å². The molecule has 4 N–H and O–H groups in total. The molecule has 0 fully saturated rings. The Kier molecular flexibility index (Phi) is 11.8. The van der Waals surface area contributed by atoms with Crippen molar-refractivity contribution in [2.45, 2.75) is 0 Å². The number of hydrogen-bond acceptors (Lipinski definition) is 4. The molecular weight excluding hydrogens is 905 g/mol. The third kappa shape index (κ3) is 8.40. The van der Waals surface area contributed by atoms with Crippen LogP contribution in [0, 0.1) is 0 Å². The molecule has 4 heteroatoms. The second kappa shape index (κ2) is 19.4. The molecule has 0 spiro atoms. The molecule has 0 radical (unpaired) electrons. The molecule has 74 heavy (non-hydrogen) atoms. The largest absolute Gasteiger partial charge is 0.508 e. The summed E-state index contributed by atoms with van der Waals surface area (Å²) in [6, 6.07) is 89.7. The molecule has 0 aliphatic heterocycles. The predicted octanol–water partition coefficient (Wildman–Crippen LogP) is 18.3. The highest BCUT2D eigenvalue weighted by atomic mass is 16.3. The van der Waals surface area contributed by atoms with Gasteiger partial charge in [0.2, 0.25) is 0 Å². The summed E-state index contributed by atoms with van der Waals surface area (Å²) in [6.45, 7) is 0. The summed E-state index contributed by atoms with van der Waals surface area (Å²) in [5.74, 6) is 0.737. The van der Waals surface area contributed by atoms with Gasteiger partial charge in [-0.1, -0.05) is 206 Å². The number of benzene rings is 12. The van der Waals surface area contributed by atoms with E-state index in [1.807, 2.05) is 72.8 Å². The molecule has 352 valence electrons. The van der Waals surface area contributed by atoms with Crippen molar-refractivity contribution in [1.29, 1.82) is 0 Å². The average Bonchev–Trinajstić information content (AvgIpc) is 3.46. The Balaban J connectivity index is 1.23. The summed E-state index contributed by atoms with van der Waals surface area (Å²) in [5.41, 5.74) is 20.1. The lowest BCUT2D eigenvalue weighted by Gasteiger charge is -2.26. The van der Waals surface area contributed by atoms with Crippen LogP contribution >= 0.6 is 0 Å². The zero-order chi connectivity index (χ0) is 50.1. The summed E-state index contributed by atoms with van der Waals surface area (Å²) in [5, 5.41) is 44.8. The van der Waals surface area contributed by atoms with Gasteiger partial charge < -0.3 is 20.4 Å². The van der Waals surface area contributed by atoms with E-state index in [2.05, 4.69) is 146 Å². The van der Waals surface area contributed by atoms with E-state index in [4.69, 9.17) is 0 Å². The van der Waals surface area contributed by atoms with E-state index in [0.717, 1.165) is 122 Å². The normalized spacial score (nSPS) is 11.2. The first-order chi connectivity index (χ1) is 36.4. The zero-order valence-electron chi connectivity index (χ0n) is 40.2. The Hall–Kier alpha value is -9.90. The van der Waals surface area contributed by atoms with E-state index in [1.165, 1.54) is 0 Å². The lowest BCUT2D eigenvalue weighted by Crippen LogP contribution is -2.00. The predicted molar refractivity (Wildman–Crippen MR) is 305 cm³/mol. The Morgan fingerprint density at radius 1 is 0.162 bits per heavy atom. The first-order valence-electron chi connectivity index (χ1n) is 24.7. The van der Waals surface area contributed by atoms with Crippen molar-refractivity contribution >= 4 is 10.8 Å². The first kappa shape index (κ1) is 45.3. The minimum atomic E-state index is 0.180. The van der Waals surface area contributed by atoms with Crippen LogP contribution in [-0.4, -0.2) is 20.4 Å². The molecule has 0 heterocycles. The van der Waals surface area contributed by atoms with Gasteiger partial charge >= 0.3 is 0 Å². The first-order valence-corrected chi connectivity index (χ1v) is 24.7. The van der Waals surface area contributed by atoms with Crippen LogP contribution < -0.4 is 0 Å². The highest BCUT2D eigenvalue weighted by molar-refractivity contribution is 6.16. The van der Waals surface area contributed by atoms with Gasteiger partial charge in [-0.2, -0.15) is 0 Å². The van der Waals surface area contributed by atoms with E-state index in [1.54, 1.807) is 48.5 Å². The van der Waals surface area contributed by atoms with Gasteiger partial charge in [0.1, 0.15) is 23.0 Å². The van der Waals surface area contributed by atoms with Gasteiger partial charge in [-0.05, 0) is 183 Å². The Labute approximate surface area is 430 Å². The maximum Gasteiger partial charge on any atom is 0.115 e. The van der Waals surface area contributed by atoms with Gasteiger partial charge in [0.05, 0.1) is 0 Å². The molecule has 0 saturated carbocycles. The van der Waals surface area contributed by atoms with E-state index in [-0.39, 0.29) is 23.0 Å². The van der Waals surface area contributed by atoms with Crippen molar-refractivity contribution in [3.63, 3.8) is 0 Å². The molecule has 12 rings (SSSR count). The summed E-state index contributed by atoms with van der Waals surface area (Å²) in [6.07, 6.45) is 0. The van der Waals surface area contributed by atoms with Gasteiger partial charge in [0.15, 0.2) is 0 Å². The van der Waals surface area contributed by atoms with Crippen molar-refractivity contribution < 1.29 is 20.4 Å². The van der Waals surface area contributed by atoms with Gasteiger partial charge in [-0.15, -0.1) is 0 Å². The molecule has 0 bridgehead atoms. The average molecular weight is 953 g/mol. The number of fused-ring (bicyclic) bond motifs is 1. The molecule has 0 amide bonds. The monoisotopic (exact) mass is 952 g/mol. The molecule has 0 saturated heterocycles. The maximum absolute atomic E-state index is 10.8. The molecule has 0 aromatic heterocycles. The van der Waals surface area contributed by atoms with Crippen molar-refractivity contribution in [2.75, 3.05) is 0 Å². The summed E-state index contributed by atoms with van der Waals surface area (Å²) in [7, 11) is 0. The SMILES string of the molecule is Oc1ccc(-c2cc(-c3ccc(-c4cc(-c5ccc(O)cc5)c(-c5ccccc5)c(-c5ccccc5)c4-c4ccc(O)cc4)c4ccccc34)c(-c3ccc(O)cc3)c(-c3ccccc3)c2-c2ccccc2)cc1. The molecule has 0 unspecified atom stereocenters. The molecule has 0 aliphatic carbocycles. The Morgan fingerprint density at radius 3 is 0.689 bits per heavy atom. The molecular formula is C70H48O4. The van der Waals surface area contributed by atoms with Crippen LogP contribution in [0.25, 0.3) is 122 Å². The second-order valence-electron chi connectivity index (χ2n) is 18.6. The van der Waals surface area contributed by atoms with E-state index in [0.29, 0.717) is 0 Å². The number of hydrogen-bond donors (Lipinski definition) is 4. The fourth-order valence-corrected chi connectivity index (χ4v) is 10.7. The third-order valence-corrected chi connectivity index (χ3v) is 14.1. The number of phenolic OH excluding ortho intramolecular Hbond substituents is 4. The van der Waals surface area contributed by atoms with Crippen LogP contribution in [0.5, 0.6) is 23.0 Å². The third-order valence-electron chi connectivity index (χ3n) is 14.1. The van der Waals surface area contributed by atoms with Crippen molar-refractivity contribution in [2.24, 2.45) is 0 Å². The van der Waals surface area contributed by atoms with Gasteiger partial charge in [-0.25, -0.2) is 0 Å². The lowest BCUT2D eigenvalue weighted by atomic mass is 9.76. The minimum Gasteiger partial charge on any atom is -0.508 e. The molecule has 12 aromatic rings. The molecule has 0 aliphatic rings. The van der Waals surface area contributed by atoms with Crippen molar-refractivity contribution in [3.05, 3.63) is 267 Å². The fraction of sp³-hybridized carbons (Fsp3) is 0. The van der Waals surface area contributed by atoms with Gasteiger partial charge in [0.25, 0.3) is 0 Å².